The van der Waals surface area contributed by atoms with Crippen LogP contribution in [-0.4, -0.2) is 44.6 Å². The molecule has 164 valence electrons. The fourth-order valence-electron chi connectivity index (χ4n) is 6.33. The highest BCUT2D eigenvalue weighted by Gasteiger charge is 2.55. The molecule has 0 N–H and O–H groups in total. The summed E-state index contributed by atoms with van der Waals surface area (Å²) in [6.45, 7) is 2.58. The van der Waals surface area contributed by atoms with E-state index < -0.39 is 0 Å². The van der Waals surface area contributed by atoms with Gasteiger partial charge in [-0.05, 0) is 49.4 Å². The molecule has 2 aromatic carbocycles. The van der Waals surface area contributed by atoms with Crippen LogP contribution in [0.4, 0.5) is 5.69 Å². The maximum absolute atomic E-state index is 7.03. The van der Waals surface area contributed by atoms with E-state index in [9.17, 15) is 0 Å². The summed E-state index contributed by atoms with van der Waals surface area (Å²) in [4.78, 5) is 4.82. The molecule has 3 atom stereocenters. The van der Waals surface area contributed by atoms with Gasteiger partial charge in [-0.15, -0.1) is 0 Å². The van der Waals surface area contributed by atoms with Crippen molar-refractivity contribution in [3.8, 4) is 17.2 Å². The van der Waals surface area contributed by atoms with Gasteiger partial charge in [0, 0.05) is 62.8 Å². The standard InChI is InChI=1S/C26H32N2O3/c1-27(2)19-10-8-18(9-11-19)25-20-15-23-24(30-17-29-23)16-22(20)31-26(28-13-5-6-14-28)12-4-3-7-21(25)26/h8-11,15-16,21,25H,3-7,12-14,17H2,1-2H3/t21-,25+,26+/m1/s1. The number of ether oxygens (including phenoxy) is 3. The minimum absolute atomic E-state index is 0.208. The van der Waals surface area contributed by atoms with Crippen LogP contribution in [-0.2, 0) is 0 Å². The number of fused-ring (bicyclic) bond motifs is 3. The van der Waals surface area contributed by atoms with E-state index in [0.717, 1.165) is 36.8 Å². The van der Waals surface area contributed by atoms with Crippen LogP contribution in [0, 0.1) is 5.92 Å². The minimum Gasteiger partial charge on any atom is -0.472 e. The van der Waals surface area contributed by atoms with Crippen LogP contribution in [0.25, 0.3) is 0 Å². The number of hydrogen-bond donors (Lipinski definition) is 0. The van der Waals surface area contributed by atoms with E-state index in [0.29, 0.717) is 18.6 Å². The van der Waals surface area contributed by atoms with E-state index in [-0.39, 0.29) is 5.72 Å². The van der Waals surface area contributed by atoms with Gasteiger partial charge in [0.1, 0.15) is 5.75 Å². The maximum Gasteiger partial charge on any atom is 0.231 e. The van der Waals surface area contributed by atoms with Crippen LogP contribution < -0.4 is 19.1 Å². The topological polar surface area (TPSA) is 34.2 Å². The average Bonchev–Trinajstić information content (AvgIpc) is 3.48. The molecule has 1 aliphatic carbocycles. The lowest BCUT2D eigenvalue weighted by Crippen LogP contribution is -2.61. The molecule has 5 heteroatoms. The molecule has 4 aliphatic rings. The average molecular weight is 421 g/mol. The van der Waals surface area contributed by atoms with Crippen molar-refractivity contribution in [1.29, 1.82) is 0 Å². The Kier molecular flexibility index (Phi) is 4.57. The van der Waals surface area contributed by atoms with E-state index >= 15 is 0 Å². The van der Waals surface area contributed by atoms with Gasteiger partial charge in [-0.25, -0.2) is 0 Å². The highest BCUT2D eigenvalue weighted by atomic mass is 16.7. The molecule has 3 heterocycles. The molecule has 31 heavy (non-hydrogen) atoms. The maximum atomic E-state index is 7.03. The largest absolute Gasteiger partial charge is 0.472 e. The summed E-state index contributed by atoms with van der Waals surface area (Å²) in [6, 6.07) is 13.4. The van der Waals surface area contributed by atoms with Gasteiger partial charge in [0.25, 0.3) is 0 Å². The molecule has 0 unspecified atom stereocenters. The van der Waals surface area contributed by atoms with Crippen molar-refractivity contribution in [3.05, 3.63) is 47.5 Å². The molecule has 2 fully saturated rings. The molecule has 0 spiro atoms. The molecular formula is C26H32N2O3. The van der Waals surface area contributed by atoms with Crippen LogP contribution in [0.1, 0.15) is 55.6 Å². The highest BCUT2D eigenvalue weighted by Crippen LogP contribution is 2.57. The van der Waals surface area contributed by atoms with E-state index in [1.807, 2.05) is 0 Å². The van der Waals surface area contributed by atoms with Crippen LogP contribution in [0.3, 0.4) is 0 Å². The zero-order valence-corrected chi connectivity index (χ0v) is 18.6. The second-order valence-electron chi connectivity index (χ2n) is 9.70. The predicted molar refractivity (Wildman–Crippen MR) is 121 cm³/mol. The Morgan fingerprint density at radius 1 is 0.903 bits per heavy atom. The van der Waals surface area contributed by atoms with E-state index in [1.54, 1.807) is 0 Å². The van der Waals surface area contributed by atoms with Gasteiger partial charge >= 0.3 is 0 Å². The van der Waals surface area contributed by atoms with Gasteiger partial charge in [-0.3, -0.25) is 4.90 Å². The van der Waals surface area contributed by atoms with E-state index in [2.05, 4.69) is 60.3 Å². The first-order valence-electron chi connectivity index (χ1n) is 11.8. The van der Waals surface area contributed by atoms with Crippen LogP contribution in [0.2, 0.25) is 0 Å². The monoisotopic (exact) mass is 420 g/mol. The van der Waals surface area contributed by atoms with Gasteiger partial charge in [0.15, 0.2) is 17.2 Å². The number of anilines is 1. The van der Waals surface area contributed by atoms with Crippen molar-refractivity contribution < 1.29 is 14.2 Å². The molecule has 0 amide bonds. The lowest BCUT2D eigenvalue weighted by Gasteiger charge is -2.55. The second kappa shape index (κ2) is 7.33. The molecule has 3 aliphatic heterocycles. The van der Waals surface area contributed by atoms with E-state index in [1.165, 1.54) is 48.9 Å². The molecule has 2 aromatic rings. The van der Waals surface area contributed by atoms with Gasteiger partial charge in [0.05, 0.1) is 0 Å². The zero-order valence-electron chi connectivity index (χ0n) is 18.6. The smallest absolute Gasteiger partial charge is 0.231 e. The molecule has 0 bridgehead atoms. The van der Waals surface area contributed by atoms with Crippen molar-refractivity contribution in [3.63, 3.8) is 0 Å². The fourth-order valence-corrected chi connectivity index (χ4v) is 6.33. The van der Waals surface area contributed by atoms with Crippen molar-refractivity contribution in [2.45, 2.75) is 50.2 Å². The lowest BCUT2D eigenvalue weighted by molar-refractivity contribution is -0.154. The Bertz CT molecular complexity index is 967. The van der Waals surface area contributed by atoms with Crippen molar-refractivity contribution in [2.24, 2.45) is 5.92 Å². The molecule has 5 nitrogen and oxygen atoms in total. The number of rotatable bonds is 3. The summed E-state index contributed by atoms with van der Waals surface area (Å²) in [6.07, 6.45) is 7.36. The second-order valence-corrected chi connectivity index (χ2v) is 9.70. The fraction of sp³-hybridized carbons (Fsp3) is 0.538. The van der Waals surface area contributed by atoms with Crippen LogP contribution >= 0.6 is 0 Å². The summed E-state index contributed by atoms with van der Waals surface area (Å²) in [5, 5.41) is 0. The Hall–Kier alpha value is -2.40. The van der Waals surface area contributed by atoms with Crippen molar-refractivity contribution in [1.82, 2.24) is 4.90 Å². The predicted octanol–water partition coefficient (Wildman–Crippen LogP) is 4.99. The summed E-state index contributed by atoms with van der Waals surface area (Å²) in [7, 11) is 4.19. The number of benzene rings is 2. The Balaban J connectivity index is 1.51. The first-order chi connectivity index (χ1) is 15.2. The number of hydrogen-bond acceptors (Lipinski definition) is 5. The zero-order chi connectivity index (χ0) is 21.0. The SMILES string of the molecule is CN(C)c1ccc([C@H]2c3cc4c(cc3O[C@@]3(N5CCCC5)CCCC[C@H]23)OCO4)cc1. The Labute approximate surface area is 184 Å². The van der Waals surface area contributed by atoms with Crippen LogP contribution in [0.15, 0.2) is 36.4 Å². The highest BCUT2D eigenvalue weighted by molar-refractivity contribution is 5.57. The molecular weight excluding hydrogens is 388 g/mol. The summed E-state index contributed by atoms with van der Waals surface area (Å²) in [5.41, 5.74) is 3.66. The van der Waals surface area contributed by atoms with Gasteiger partial charge in [-0.1, -0.05) is 18.6 Å². The summed E-state index contributed by atoms with van der Waals surface area (Å²) >= 11 is 0. The Morgan fingerprint density at radius 2 is 1.65 bits per heavy atom. The number of likely N-dealkylation sites (tertiary alicyclic amines) is 1. The summed E-state index contributed by atoms with van der Waals surface area (Å²) < 4.78 is 18.5. The van der Waals surface area contributed by atoms with Gasteiger partial charge in [0.2, 0.25) is 6.79 Å². The van der Waals surface area contributed by atoms with Crippen molar-refractivity contribution >= 4 is 5.69 Å². The molecule has 1 saturated carbocycles. The van der Waals surface area contributed by atoms with Crippen LogP contribution in [0.5, 0.6) is 17.2 Å². The Morgan fingerprint density at radius 3 is 2.39 bits per heavy atom. The van der Waals surface area contributed by atoms with Gasteiger partial charge < -0.3 is 19.1 Å². The normalized spacial score (nSPS) is 29.2. The first-order valence-corrected chi connectivity index (χ1v) is 11.8. The third-order valence-electron chi connectivity index (χ3n) is 7.82. The third-order valence-corrected chi connectivity index (χ3v) is 7.82. The van der Waals surface area contributed by atoms with E-state index in [4.69, 9.17) is 14.2 Å². The quantitative estimate of drug-likeness (QED) is 0.699. The molecule has 1 saturated heterocycles. The lowest BCUT2D eigenvalue weighted by atomic mass is 9.66. The molecule has 0 aromatic heterocycles. The molecule has 6 rings (SSSR count). The van der Waals surface area contributed by atoms with Crippen molar-refractivity contribution in [2.75, 3.05) is 38.9 Å². The summed E-state index contributed by atoms with van der Waals surface area (Å²) in [5.74, 6) is 3.39. The van der Waals surface area contributed by atoms with Gasteiger partial charge in [-0.2, -0.15) is 0 Å². The molecule has 0 radical (unpaired) electrons. The first kappa shape index (κ1) is 19.3. The number of nitrogens with zero attached hydrogens (tertiary/aromatic N) is 2. The third kappa shape index (κ3) is 3.00. The minimum atomic E-state index is -0.208.